The smallest absolute Gasteiger partial charge is 0.196 e. The molecule has 0 atom stereocenters. The second-order valence-corrected chi connectivity index (χ2v) is 7.67. The van der Waals surface area contributed by atoms with Crippen molar-refractivity contribution < 1.29 is 5.11 Å². The fraction of sp³-hybridized carbons (Fsp3) is 0.174. The molecule has 1 N–H and O–H groups in total. The Labute approximate surface area is 157 Å². The maximum absolute atomic E-state index is 12.6. The molecule has 1 heterocycles. The Balaban J connectivity index is 0.000000206. The summed E-state index contributed by atoms with van der Waals surface area (Å²) in [6.45, 7) is 6.14. The first-order chi connectivity index (χ1) is 12.5. The predicted octanol–water partition coefficient (Wildman–Crippen LogP) is 6.24. The molecule has 3 aromatic carbocycles. The Morgan fingerprint density at radius 1 is 0.846 bits per heavy atom. The van der Waals surface area contributed by atoms with Crippen molar-refractivity contribution in [2.45, 2.75) is 26.7 Å². The summed E-state index contributed by atoms with van der Waals surface area (Å²) in [7, 11) is 0. The molecule has 0 aliphatic carbocycles. The van der Waals surface area contributed by atoms with Crippen molar-refractivity contribution in [1.82, 2.24) is 0 Å². The molecule has 2 nitrogen and oxygen atoms in total. The normalized spacial score (nSPS) is 10.8. The Hall–Kier alpha value is -2.65. The van der Waals surface area contributed by atoms with Crippen LogP contribution in [0.25, 0.3) is 20.2 Å². The number of hydrogen-bond acceptors (Lipinski definition) is 3. The van der Waals surface area contributed by atoms with E-state index in [1.54, 1.807) is 17.4 Å². The number of aromatic hydroxyl groups is 1. The summed E-state index contributed by atoms with van der Waals surface area (Å²) in [5, 5.41) is 10.7. The maximum atomic E-state index is 12.6. The van der Waals surface area contributed by atoms with Gasteiger partial charge in [0.25, 0.3) is 0 Å². The van der Waals surface area contributed by atoms with E-state index in [2.05, 4.69) is 19.9 Å². The van der Waals surface area contributed by atoms with E-state index in [0.717, 1.165) is 31.3 Å². The third-order valence-electron chi connectivity index (χ3n) is 4.37. The van der Waals surface area contributed by atoms with Gasteiger partial charge in [-0.3, -0.25) is 4.79 Å². The van der Waals surface area contributed by atoms with Crippen molar-refractivity contribution in [2.75, 3.05) is 0 Å². The first kappa shape index (κ1) is 18.2. The lowest BCUT2D eigenvalue weighted by Gasteiger charge is -2.09. The minimum absolute atomic E-state index is 0.170. The van der Waals surface area contributed by atoms with Crippen LogP contribution in [0.2, 0.25) is 0 Å². The van der Waals surface area contributed by atoms with Crippen LogP contribution in [-0.2, 0) is 0 Å². The van der Waals surface area contributed by atoms with Crippen molar-refractivity contribution in [1.29, 1.82) is 0 Å². The van der Waals surface area contributed by atoms with Crippen LogP contribution < -0.4 is 5.43 Å². The summed E-state index contributed by atoms with van der Waals surface area (Å²) in [6.07, 6.45) is 0. The van der Waals surface area contributed by atoms with Crippen LogP contribution >= 0.6 is 11.3 Å². The van der Waals surface area contributed by atoms with Crippen LogP contribution in [0.1, 0.15) is 30.9 Å². The van der Waals surface area contributed by atoms with Crippen LogP contribution in [0, 0.1) is 6.92 Å². The fourth-order valence-electron chi connectivity index (χ4n) is 2.92. The topological polar surface area (TPSA) is 37.3 Å². The molecule has 4 rings (SSSR count). The summed E-state index contributed by atoms with van der Waals surface area (Å²) in [6, 6.07) is 21.3. The third kappa shape index (κ3) is 3.63. The monoisotopic (exact) mass is 362 g/mol. The molecule has 0 aliphatic heterocycles. The number of phenols is 1. The number of para-hydroxylation sites is 1. The zero-order valence-corrected chi connectivity index (χ0v) is 16.0. The standard InChI is InChI=1S/C16H14OS.C7H8O/c1-10(2)11-7-5-9-14-15(11)16(17)12-6-3-4-8-13(12)18-14;1-6-4-2-3-5-7(6)8/h3-10H,1-2H3;2-5,8H,1H3. The average Bonchev–Trinajstić information content (AvgIpc) is 2.64. The van der Waals surface area contributed by atoms with E-state index in [1.807, 2.05) is 61.5 Å². The van der Waals surface area contributed by atoms with Crippen LogP contribution in [0.15, 0.2) is 71.5 Å². The van der Waals surface area contributed by atoms with Crippen molar-refractivity contribution in [3.63, 3.8) is 0 Å². The number of aryl methyl sites for hydroxylation is 1. The minimum atomic E-state index is 0.170. The van der Waals surface area contributed by atoms with Crippen LogP contribution in [0.4, 0.5) is 0 Å². The molecule has 0 unspecified atom stereocenters. The molecule has 4 aromatic rings. The van der Waals surface area contributed by atoms with Gasteiger partial charge in [-0.1, -0.05) is 56.3 Å². The lowest BCUT2D eigenvalue weighted by Crippen LogP contribution is -2.05. The third-order valence-corrected chi connectivity index (χ3v) is 5.51. The molecular formula is C23H22O2S. The van der Waals surface area contributed by atoms with Gasteiger partial charge in [0, 0.05) is 20.2 Å². The van der Waals surface area contributed by atoms with Gasteiger partial charge in [-0.15, -0.1) is 11.3 Å². The van der Waals surface area contributed by atoms with Crippen LogP contribution in [0.3, 0.4) is 0 Å². The molecule has 0 fully saturated rings. The molecular weight excluding hydrogens is 340 g/mol. The lowest BCUT2D eigenvalue weighted by atomic mass is 9.98. The SMILES string of the molecule is CC(C)c1cccc2sc3ccccc3c(=O)c12.Cc1ccccc1O. The zero-order chi connectivity index (χ0) is 18.7. The highest BCUT2D eigenvalue weighted by Crippen LogP contribution is 2.29. The van der Waals surface area contributed by atoms with E-state index in [9.17, 15) is 4.79 Å². The van der Waals surface area contributed by atoms with Crippen LogP contribution in [-0.4, -0.2) is 5.11 Å². The predicted molar refractivity (Wildman–Crippen MR) is 113 cm³/mol. The first-order valence-electron chi connectivity index (χ1n) is 8.68. The van der Waals surface area contributed by atoms with Crippen molar-refractivity contribution >= 4 is 31.5 Å². The largest absolute Gasteiger partial charge is 0.508 e. The van der Waals surface area contributed by atoms with Gasteiger partial charge in [0.2, 0.25) is 0 Å². The van der Waals surface area contributed by atoms with Gasteiger partial charge in [0.05, 0.1) is 0 Å². The molecule has 1 aromatic heterocycles. The van der Waals surface area contributed by atoms with Gasteiger partial charge < -0.3 is 5.11 Å². The summed E-state index contributed by atoms with van der Waals surface area (Å²) >= 11 is 1.70. The minimum Gasteiger partial charge on any atom is -0.508 e. The molecule has 3 heteroatoms. The zero-order valence-electron chi connectivity index (χ0n) is 15.2. The highest BCUT2D eigenvalue weighted by atomic mass is 32.1. The van der Waals surface area contributed by atoms with E-state index in [-0.39, 0.29) is 5.43 Å². The molecule has 0 spiro atoms. The molecule has 0 saturated heterocycles. The maximum Gasteiger partial charge on any atom is 0.196 e. The van der Waals surface area contributed by atoms with Crippen molar-refractivity contribution in [3.05, 3.63) is 88.1 Å². The highest BCUT2D eigenvalue weighted by Gasteiger charge is 2.11. The number of fused-ring (bicyclic) bond motifs is 2. The Morgan fingerprint density at radius 3 is 2.15 bits per heavy atom. The number of rotatable bonds is 1. The molecule has 0 aliphatic rings. The Kier molecular flexibility index (Phi) is 5.38. The van der Waals surface area contributed by atoms with E-state index in [0.29, 0.717) is 11.7 Å². The number of benzene rings is 3. The summed E-state index contributed by atoms with van der Waals surface area (Å²) in [4.78, 5) is 12.6. The van der Waals surface area contributed by atoms with Gasteiger partial charge in [-0.05, 0) is 48.2 Å². The second-order valence-electron chi connectivity index (χ2n) is 6.59. The Morgan fingerprint density at radius 2 is 1.50 bits per heavy atom. The molecule has 26 heavy (non-hydrogen) atoms. The van der Waals surface area contributed by atoms with E-state index in [1.165, 1.54) is 0 Å². The molecule has 0 radical (unpaired) electrons. The molecule has 132 valence electrons. The van der Waals surface area contributed by atoms with Crippen molar-refractivity contribution in [3.8, 4) is 5.75 Å². The quantitative estimate of drug-likeness (QED) is 0.407. The van der Waals surface area contributed by atoms with Gasteiger partial charge in [-0.25, -0.2) is 0 Å². The van der Waals surface area contributed by atoms with Crippen LogP contribution in [0.5, 0.6) is 5.75 Å². The number of phenolic OH excluding ortho intramolecular Hbond substituents is 1. The lowest BCUT2D eigenvalue weighted by molar-refractivity contribution is 0.471. The van der Waals surface area contributed by atoms with E-state index >= 15 is 0 Å². The average molecular weight is 362 g/mol. The molecule has 0 saturated carbocycles. The van der Waals surface area contributed by atoms with Crippen molar-refractivity contribution in [2.24, 2.45) is 0 Å². The summed E-state index contributed by atoms with van der Waals surface area (Å²) < 4.78 is 2.15. The highest BCUT2D eigenvalue weighted by molar-refractivity contribution is 7.24. The second kappa shape index (κ2) is 7.71. The molecule has 0 bridgehead atoms. The molecule has 0 amide bonds. The first-order valence-corrected chi connectivity index (χ1v) is 9.49. The van der Waals surface area contributed by atoms with Gasteiger partial charge >= 0.3 is 0 Å². The summed E-state index contributed by atoms with van der Waals surface area (Å²) in [5.41, 5.74) is 2.25. The van der Waals surface area contributed by atoms with E-state index in [4.69, 9.17) is 5.11 Å². The van der Waals surface area contributed by atoms with Gasteiger partial charge in [0.15, 0.2) is 5.43 Å². The van der Waals surface area contributed by atoms with Gasteiger partial charge in [0.1, 0.15) is 5.75 Å². The number of hydrogen-bond donors (Lipinski definition) is 1. The van der Waals surface area contributed by atoms with E-state index < -0.39 is 0 Å². The summed E-state index contributed by atoms with van der Waals surface area (Å²) in [5.74, 6) is 0.738. The fourth-order valence-corrected chi connectivity index (χ4v) is 4.03. The van der Waals surface area contributed by atoms with Gasteiger partial charge in [-0.2, -0.15) is 0 Å². The Bertz CT molecular complexity index is 1090.